The Morgan fingerprint density at radius 1 is 1.21 bits per heavy atom. The first-order chi connectivity index (χ1) is 11.5. The predicted octanol–water partition coefficient (Wildman–Crippen LogP) is 2.09. The van der Waals surface area contributed by atoms with Crippen molar-refractivity contribution < 1.29 is 9.59 Å². The van der Waals surface area contributed by atoms with Crippen molar-refractivity contribution in [2.75, 3.05) is 13.6 Å². The number of carbonyl (C=O) groups excluding carboxylic acids is 2. The average molecular weight is 346 g/mol. The fraction of sp³-hybridized carbons (Fsp3) is 0.353. The zero-order chi connectivity index (χ0) is 17.5. The maximum absolute atomic E-state index is 12.1. The summed E-state index contributed by atoms with van der Waals surface area (Å²) in [7, 11) is 1.55. The molecule has 1 aromatic carbocycles. The van der Waals surface area contributed by atoms with Gasteiger partial charge in [-0.3, -0.25) is 4.79 Å². The number of benzene rings is 1. The Bertz CT molecular complexity index is 680. The molecule has 3 N–H and O–H groups in total. The van der Waals surface area contributed by atoms with E-state index in [2.05, 4.69) is 20.9 Å². The Morgan fingerprint density at radius 2 is 1.92 bits per heavy atom. The lowest BCUT2D eigenvalue weighted by Crippen LogP contribution is -2.44. The highest BCUT2D eigenvalue weighted by molar-refractivity contribution is 7.11. The van der Waals surface area contributed by atoms with Crippen LogP contribution < -0.4 is 16.0 Å². The molecular formula is C17H22N4O2S. The van der Waals surface area contributed by atoms with Gasteiger partial charge >= 0.3 is 6.03 Å². The summed E-state index contributed by atoms with van der Waals surface area (Å²) in [6.07, 6.45) is 0.669. The van der Waals surface area contributed by atoms with Crippen LogP contribution >= 0.6 is 11.3 Å². The van der Waals surface area contributed by atoms with Crippen LogP contribution in [-0.2, 0) is 11.2 Å². The minimum absolute atomic E-state index is 0.262. The Labute approximate surface area is 145 Å². The summed E-state index contributed by atoms with van der Waals surface area (Å²) < 4.78 is 0. The van der Waals surface area contributed by atoms with Gasteiger partial charge < -0.3 is 16.0 Å². The zero-order valence-electron chi connectivity index (χ0n) is 14.1. The molecule has 3 amide bonds. The van der Waals surface area contributed by atoms with Crippen LogP contribution in [0.1, 0.15) is 27.2 Å². The van der Waals surface area contributed by atoms with Gasteiger partial charge in [0.2, 0.25) is 5.91 Å². The first-order valence-electron chi connectivity index (χ1n) is 7.75. The molecule has 1 heterocycles. The molecule has 1 aromatic heterocycles. The maximum atomic E-state index is 12.1. The fourth-order valence-corrected chi connectivity index (χ4v) is 3.13. The van der Waals surface area contributed by atoms with Crippen LogP contribution in [0.25, 0.3) is 0 Å². The van der Waals surface area contributed by atoms with Crippen LogP contribution in [0.5, 0.6) is 0 Å². The molecule has 0 aliphatic carbocycles. The average Bonchev–Trinajstić information content (AvgIpc) is 2.90. The summed E-state index contributed by atoms with van der Waals surface area (Å²) in [5, 5.41) is 9.05. The van der Waals surface area contributed by atoms with Crippen LogP contribution in [0.2, 0.25) is 0 Å². The number of nitrogens with zero attached hydrogens (tertiary/aromatic N) is 1. The monoisotopic (exact) mass is 346 g/mol. The first-order valence-corrected chi connectivity index (χ1v) is 8.56. The van der Waals surface area contributed by atoms with Gasteiger partial charge in [-0.1, -0.05) is 30.3 Å². The number of aromatic nitrogens is 1. The van der Waals surface area contributed by atoms with E-state index in [1.165, 1.54) is 4.88 Å². The molecule has 0 saturated heterocycles. The smallest absolute Gasteiger partial charge is 0.315 e. The molecular weight excluding hydrogens is 324 g/mol. The highest BCUT2D eigenvalue weighted by Gasteiger charge is 2.21. The first kappa shape index (κ1) is 17.9. The van der Waals surface area contributed by atoms with Crippen LogP contribution in [0.4, 0.5) is 4.79 Å². The van der Waals surface area contributed by atoms with Crippen LogP contribution in [0.3, 0.4) is 0 Å². The molecule has 24 heavy (non-hydrogen) atoms. The third kappa shape index (κ3) is 4.79. The van der Waals surface area contributed by atoms with Gasteiger partial charge in [0, 0.05) is 24.9 Å². The highest BCUT2D eigenvalue weighted by Crippen LogP contribution is 2.16. The number of carbonyl (C=O) groups is 2. The summed E-state index contributed by atoms with van der Waals surface area (Å²) in [6.45, 7) is 4.47. The SMILES string of the molecule is CNC(=O)[C@@H](NC(=O)NCCc1nc(C)c(C)s1)c1ccccc1. The minimum atomic E-state index is -0.722. The van der Waals surface area contributed by atoms with Crippen molar-refractivity contribution in [2.24, 2.45) is 0 Å². The summed E-state index contributed by atoms with van der Waals surface area (Å²) in [4.78, 5) is 29.7. The molecule has 0 radical (unpaired) electrons. The zero-order valence-corrected chi connectivity index (χ0v) is 14.9. The van der Waals surface area contributed by atoms with Crippen molar-refractivity contribution in [1.29, 1.82) is 0 Å². The minimum Gasteiger partial charge on any atom is -0.357 e. The molecule has 128 valence electrons. The second kappa shape index (κ2) is 8.44. The van der Waals surface area contributed by atoms with Gasteiger partial charge in [-0.05, 0) is 19.4 Å². The summed E-state index contributed by atoms with van der Waals surface area (Å²) >= 11 is 1.64. The van der Waals surface area contributed by atoms with E-state index in [1.54, 1.807) is 30.5 Å². The van der Waals surface area contributed by atoms with E-state index < -0.39 is 6.04 Å². The molecule has 0 aliphatic heterocycles. The van der Waals surface area contributed by atoms with Gasteiger partial charge in [-0.25, -0.2) is 9.78 Å². The van der Waals surface area contributed by atoms with Gasteiger partial charge in [0.05, 0.1) is 10.7 Å². The summed E-state index contributed by atoms with van der Waals surface area (Å²) in [5.41, 5.74) is 1.77. The quantitative estimate of drug-likeness (QED) is 0.749. The predicted molar refractivity (Wildman–Crippen MR) is 95.1 cm³/mol. The normalized spacial score (nSPS) is 11.6. The van der Waals surface area contributed by atoms with Gasteiger partial charge in [0.15, 0.2) is 0 Å². The van der Waals surface area contributed by atoms with E-state index in [0.29, 0.717) is 13.0 Å². The van der Waals surface area contributed by atoms with Crippen molar-refractivity contribution in [1.82, 2.24) is 20.9 Å². The number of aryl methyl sites for hydroxylation is 2. The van der Waals surface area contributed by atoms with Crippen LogP contribution in [-0.4, -0.2) is 30.5 Å². The number of urea groups is 1. The van der Waals surface area contributed by atoms with Crippen molar-refractivity contribution >= 4 is 23.3 Å². The molecule has 2 aromatic rings. The summed E-state index contributed by atoms with van der Waals surface area (Å²) in [5.74, 6) is -0.262. The van der Waals surface area contributed by atoms with E-state index in [0.717, 1.165) is 16.3 Å². The van der Waals surface area contributed by atoms with Crippen molar-refractivity contribution in [3.05, 3.63) is 51.5 Å². The van der Waals surface area contributed by atoms with Crippen molar-refractivity contribution in [3.8, 4) is 0 Å². The Kier molecular flexibility index (Phi) is 6.31. The topological polar surface area (TPSA) is 83.1 Å². The molecule has 6 nitrogen and oxygen atoms in total. The van der Waals surface area contributed by atoms with E-state index in [-0.39, 0.29) is 11.9 Å². The number of rotatable bonds is 6. The number of hydrogen-bond donors (Lipinski definition) is 3. The second-order valence-electron chi connectivity index (χ2n) is 5.36. The molecule has 0 spiro atoms. The van der Waals surface area contributed by atoms with Crippen LogP contribution in [0, 0.1) is 13.8 Å². The van der Waals surface area contributed by atoms with E-state index in [9.17, 15) is 9.59 Å². The van der Waals surface area contributed by atoms with Gasteiger partial charge in [0.1, 0.15) is 6.04 Å². The van der Waals surface area contributed by atoms with E-state index in [4.69, 9.17) is 0 Å². The van der Waals surface area contributed by atoms with Crippen molar-refractivity contribution in [2.45, 2.75) is 26.3 Å². The van der Waals surface area contributed by atoms with Crippen LogP contribution in [0.15, 0.2) is 30.3 Å². The second-order valence-corrected chi connectivity index (χ2v) is 6.65. The fourth-order valence-electron chi connectivity index (χ4n) is 2.20. The lowest BCUT2D eigenvalue weighted by molar-refractivity contribution is -0.122. The molecule has 0 saturated carbocycles. The number of amides is 3. The standard InChI is InChI=1S/C17H22N4O2S/c1-11-12(2)24-14(20-11)9-10-19-17(23)21-15(16(22)18-3)13-7-5-4-6-8-13/h4-8,15H,9-10H2,1-3H3,(H,18,22)(H2,19,21,23)/t15-/m0/s1. The molecule has 2 rings (SSSR count). The Morgan fingerprint density at radius 3 is 2.50 bits per heavy atom. The molecule has 0 bridgehead atoms. The molecule has 7 heteroatoms. The molecule has 1 atom stereocenters. The van der Waals surface area contributed by atoms with Crippen molar-refractivity contribution in [3.63, 3.8) is 0 Å². The third-order valence-electron chi connectivity index (χ3n) is 3.61. The molecule has 0 aliphatic rings. The van der Waals surface area contributed by atoms with Gasteiger partial charge in [0.25, 0.3) is 0 Å². The van der Waals surface area contributed by atoms with E-state index in [1.807, 2.05) is 32.0 Å². The Hall–Kier alpha value is -2.41. The number of hydrogen-bond acceptors (Lipinski definition) is 4. The number of likely N-dealkylation sites (N-methyl/N-ethyl adjacent to an activating group) is 1. The lowest BCUT2D eigenvalue weighted by atomic mass is 10.1. The number of nitrogens with one attached hydrogen (secondary N) is 3. The lowest BCUT2D eigenvalue weighted by Gasteiger charge is -2.18. The summed E-state index contributed by atoms with van der Waals surface area (Å²) in [6, 6.07) is 8.04. The van der Waals surface area contributed by atoms with Gasteiger partial charge in [-0.2, -0.15) is 0 Å². The largest absolute Gasteiger partial charge is 0.357 e. The maximum Gasteiger partial charge on any atom is 0.315 e. The highest BCUT2D eigenvalue weighted by atomic mass is 32.1. The van der Waals surface area contributed by atoms with E-state index >= 15 is 0 Å². The Balaban J connectivity index is 1.89. The molecule has 0 fully saturated rings. The molecule has 0 unspecified atom stereocenters. The third-order valence-corrected chi connectivity index (χ3v) is 4.75. The van der Waals surface area contributed by atoms with Gasteiger partial charge in [-0.15, -0.1) is 11.3 Å². The number of thiazole rings is 1.